The second-order valence-electron chi connectivity index (χ2n) is 6.02. The summed E-state index contributed by atoms with van der Waals surface area (Å²) in [5.41, 5.74) is 1.87. The van der Waals surface area contributed by atoms with Crippen molar-refractivity contribution >= 4 is 11.6 Å². The third-order valence-corrected chi connectivity index (χ3v) is 4.35. The Kier molecular flexibility index (Phi) is 5.62. The molecule has 1 heterocycles. The highest BCUT2D eigenvalue weighted by Crippen LogP contribution is 2.20. The molecule has 1 aromatic carbocycles. The van der Waals surface area contributed by atoms with Crippen LogP contribution < -0.4 is 10.2 Å². The minimum absolute atomic E-state index is 0.0377. The van der Waals surface area contributed by atoms with Crippen LogP contribution in [0.2, 0.25) is 0 Å². The molecule has 116 valence electrons. The summed E-state index contributed by atoms with van der Waals surface area (Å²) < 4.78 is 0. The normalized spacial score (nSPS) is 18.1. The van der Waals surface area contributed by atoms with Gasteiger partial charge < -0.3 is 15.3 Å². The molecule has 4 heteroatoms. The third kappa shape index (κ3) is 4.21. The summed E-state index contributed by atoms with van der Waals surface area (Å²) in [6.45, 7) is 6.13. The van der Waals surface area contributed by atoms with E-state index in [0.29, 0.717) is 5.56 Å². The predicted molar refractivity (Wildman–Crippen MR) is 85.7 cm³/mol. The van der Waals surface area contributed by atoms with Crippen LogP contribution in [0.5, 0.6) is 0 Å². The number of anilines is 1. The van der Waals surface area contributed by atoms with Crippen molar-refractivity contribution in [3.63, 3.8) is 0 Å². The van der Waals surface area contributed by atoms with Crippen LogP contribution in [0.3, 0.4) is 0 Å². The Labute approximate surface area is 127 Å². The highest BCUT2D eigenvalue weighted by atomic mass is 16.3. The van der Waals surface area contributed by atoms with Gasteiger partial charge in [-0.05, 0) is 56.4 Å². The van der Waals surface area contributed by atoms with E-state index < -0.39 is 0 Å². The predicted octanol–water partition coefficient (Wildman–Crippen LogP) is 2.42. The summed E-state index contributed by atoms with van der Waals surface area (Å²) in [6, 6.07) is 7.79. The molecule has 2 N–H and O–H groups in total. The van der Waals surface area contributed by atoms with Gasteiger partial charge in [0.1, 0.15) is 0 Å². The van der Waals surface area contributed by atoms with Crippen molar-refractivity contribution in [1.29, 1.82) is 0 Å². The van der Waals surface area contributed by atoms with Crippen molar-refractivity contribution < 1.29 is 9.90 Å². The number of carbonyl (C=O) groups is 1. The standard InChI is InChI=1S/C17H26N2O2/c1-13(12-20)14(2)18-17(21)15-6-8-16(9-7-15)19-10-4-3-5-11-19/h6-9,13-14,20H,3-5,10-12H2,1-2H3,(H,18,21). The van der Waals surface area contributed by atoms with Crippen LogP contribution in [0.1, 0.15) is 43.5 Å². The zero-order valence-corrected chi connectivity index (χ0v) is 13.0. The maximum Gasteiger partial charge on any atom is 0.251 e. The Balaban J connectivity index is 1.96. The summed E-state index contributed by atoms with van der Waals surface area (Å²) in [7, 11) is 0. The van der Waals surface area contributed by atoms with Gasteiger partial charge in [-0.3, -0.25) is 4.79 Å². The molecule has 0 bridgehead atoms. The first-order chi connectivity index (χ1) is 10.1. The average Bonchev–Trinajstić information content (AvgIpc) is 2.55. The molecular weight excluding hydrogens is 264 g/mol. The molecule has 1 aromatic rings. The van der Waals surface area contributed by atoms with Gasteiger partial charge in [-0.2, -0.15) is 0 Å². The molecule has 1 fully saturated rings. The van der Waals surface area contributed by atoms with E-state index in [4.69, 9.17) is 5.11 Å². The first-order valence-electron chi connectivity index (χ1n) is 7.88. The first-order valence-corrected chi connectivity index (χ1v) is 7.88. The summed E-state index contributed by atoms with van der Waals surface area (Å²) >= 11 is 0. The van der Waals surface area contributed by atoms with Gasteiger partial charge >= 0.3 is 0 Å². The van der Waals surface area contributed by atoms with E-state index in [9.17, 15) is 4.79 Å². The van der Waals surface area contributed by atoms with Crippen LogP contribution in [-0.2, 0) is 0 Å². The third-order valence-electron chi connectivity index (χ3n) is 4.35. The summed E-state index contributed by atoms with van der Waals surface area (Å²) in [6.07, 6.45) is 3.82. The van der Waals surface area contributed by atoms with E-state index in [1.165, 1.54) is 24.9 Å². The first kappa shape index (κ1) is 15.8. The number of carbonyl (C=O) groups excluding carboxylic acids is 1. The van der Waals surface area contributed by atoms with Gasteiger partial charge in [0.15, 0.2) is 0 Å². The average molecular weight is 290 g/mol. The number of aliphatic hydroxyl groups excluding tert-OH is 1. The Hall–Kier alpha value is -1.55. The lowest BCUT2D eigenvalue weighted by atomic mass is 10.0. The second kappa shape index (κ2) is 7.46. The molecule has 1 saturated heterocycles. The van der Waals surface area contributed by atoms with Crippen LogP contribution in [-0.4, -0.2) is 36.8 Å². The number of hydrogen-bond acceptors (Lipinski definition) is 3. The molecule has 0 spiro atoms. The fraction of sp³-hybridized carbons (Fsp3) is 0.588. The quantitative estimate of drug-likeness (QED) is 0.875. The van der Waals surface area contributed by atoms with Crippen molar-refractivity contribution in [1.82, 2.24) is 5.32 Å². The van der Waals surface area contributed by atoms with E-state index in [0.717, 1.165) is 13.1 Å². The molecule has 0 aromatic heterocycles. The summed E-state index contributed by atoms with van der Waals surface area (Å²) in [5.74, 6) is -0.0189. The zero-order chi connectivity index (χ0) is 15.2. The fourth-order valence-electron chi connectivity index (χ4n) is 2.57. The number of hydrogen-bond donors (Lipinski definition) is 2. The molecule has 0 radical (unpaired) electrons. The largest absolute Gasteiger partial charge is 0.396 e. The minimum Gasteiger partial charge on any atom is -0.396 e. The van der Waals surface area contributed by atoms with Crippen LogP contribution in [0, 0.1) is 5.92 Å². The molecular formula is C17H26N2O2. The highest BCUT2D eigenvalue weighted by Gasteiger charge is 2.16. The van der Waals surface area contributed by atoms with Crippen molar-refractivity contribution in [2.24, 2.45) is 5.92 Å². The van der Waals surface area contributed by atoms with Gasteiger partial charge in [0.05, 0.1) is 0 Å². The van der Waals surface area contributed by atoms with Gasteiger partial charge in [0.25, 0.3) is 5.91 Å². The molecule has 2 rings (SSSR count). The van der Waals surface area contributed by atoms with Crippen LogP contribution in [0.4, 0.5) is 5.69 Å². The molecule has 1 amide bonds. The molecule has 1 aliphatic heterocycles. The number of nitrogens with zero attached hydrogens (tertiary/aromatic N) is 1. The number of amides is 1. The Morgan fingerprint density at radius 3 is 2.38 bits per heavy atom. The summed E-state index contributed by atoms with van der Waals surface area (Å²) in [4.78, 5) is 14.5. The molecule has 2 atom stereocenters. The van der Waals surface area contributed by atoms with E-state index in [1.54, 1.807) is 0 Å². The van der Waals surface area contributed by atoms with Gasteiger partial charge in [0, 0.05) is 37.0 Å². The number of aliphatic hydroxyl groups is 1. The van der Waals surface area contributed by atoms with Gasteiger partial charge in [-0.15, -0.1) is 0 Å². The lowest BCUT2D eigenvalue weighted by molar-refractivity contribution is 0.0916. The number of piperidine rings is 1. The fourth-order valence-corrected chi connectivity index (χ4v) is 2.57. The topological polar surface area (TPSA) is 52.6 Å². The van der Waals surface area contributed by atoms with E-state index in [2.05, 4.69) is 10.2 Å². The minimum atomic E-state index is -0.0759. The SMILES string of the molecule is CC(CO)C(C)NC(=O)c1ccc(N2CCCCC2)cc1. The Bertz CT molecular complexity index is 452. The van der Waals surface area contributed by atoms with E-state index >= 15 is 0 Å². The number of rotatable bonds is 5. The maximum atomic E-state index is 12.2. The van der Waals surface area contributed by atoms with Crippen molar-refractivity contribution in [2.45, 2.75) is 39.2 Å². The van der Waals surface area contributed by atoms with E-state index in [1.807, 2.05) is 38.1 Å². The zero-order valence-electron chi connectivity index (χ0n) is 13.0. The smallest absolute Gasteiger partial charge is 0.251 e. The molecule has 0 aliphatic carbocycles. The Morgan fingerprint density at radius 1 is 1.19 bits per heavy atom. The van der Waals surface area contributed by atoms with Crippen LogP contribution in [0.25, 0.3) is 0 Å². The Morgan fingerprint density at radius 2 is 1.81 bits per heavy atom. The maximum absolute atomic E-state index is 12.2. The lowest BCUT2D eigenvalue weighted by Gasteiger charge is -2.28. The number of nitrogens with one attached hydrogen (secondary N) is 1. The molecule has 1 aliphatic rings. The summed E-state index contributed by atoms with van der Waals surface area (Å²) in [5, 5.41) is 12.0. The van der Waals surface area contributed by atoms with Crippen molar-refractivity contribution in [3.05, 3.63) is 29.8 Å². The lowest BCUT2D eigenvalue weighted by Crippen LogP contribution is -2.38. The molecule has 2 unspecified atom stereocenters. The molecule has 0 saturated carbocycles. The number of benzene rings is 1. The van der Waals surface area contributed by atoms with Crippen molar-refractivity contribution in [2.75, 3.05) is 24.6 Å². The highest BCUT2D eigenvalue weighted by molar-refractivity contribution is 5.94. The van der Waals surface area contributed by atoms with Gasteiger partial charge in [-0.1, -0.05) is 6.92 Å². The second-order valence-corrected chi connectivity index (χ2v) is 6.02. The van der Waals surface area contributed by atoms with Crippen LogP contribution >= 0.6 is 0 Å². The van der Waals surface area contributed by atoms with Gasteiger partial charge in [0.2, 0.25) is 0 Å². The monoisotopic (exact) mass is 290 g/mol. The van der Waals surface area contributed by atoms with Gasteiger partial charge in [-0.25, -0.2) is 0 Å². The molecule has 4 nitrogen and oxygen atoms in total. The van der Waals surface area contributed by atoms with Crippen LogP contribution in [0.15, 0.2) is 24.3 Å². The van der Waals surface area contributed by atoms with E-state index in [-0.39, 0.29) is 24.5 Å². The molecule has 21 heavy (non-hydrogen) atoms. The van der Waals surface area contributed by atoms with Crippen molar-refractivity contribution in [3.8, 4) is 0 Å².